The van der Waals surface area contributed by atoms with Gasteiger partial charge in [0.05, 0.1) is 6.61 Å². The number of aromatic nitrogens is 1. The van der Waals surface area contributed by atoms with Gasteiger partial charge in [-0.15, -0.1) is 0 Å². The Kier molecular flexibility index (Phi) is 6.14. The molecule has 1 atom stereocenters. The van der Waals surface area contributed by atoms with Crippen molar-refractivity contribution in [3.8, 4) is 11.8 Å². The fourth-order valence-corrected chi connectivity index (χ4v) is 2.68. The number of hydrogen-bond donors (Lipinski definition) is 2. The normalized spacial score (nSPS) is 12.8. The third-order valence-corrected chi connectivity index (χ3v) is 4.36. The van der Waals surface area contributed by atoms with Crippen molar-refractivity contribution >= 4 is 10.0 Å². The summed E-state index contributed by atoms with van der Waals surface area (Å²) < 4.78 is 27.0. The van der Waals surface area contributed by atoms with Crippen LogP contribution in [0.15, 0.2) is 23.4 Å². The largest absolute Gasteiger partial charge is 0.395 e. The van der Waals surface area contributed by atoms with Crippen molar-refractivity contribution in [2.75, 3.05) is 6.61 Å². The molecule has 5 nitrogen and oxygen atoms in total. The second-order valence-corrected chi connectivity index (χ2v) is 6.55. The summed E-state index contributed by atoms with van der Waals surface area (Å²) >= 11 is 0. The van der Waals surface area contributed by atoms with Crippen molar-refractivity contribution in [1.29, 1.82) is 0 Å². The highest BCUT2D eigenvalue weighted by Gasteiger charge is 2.19. The van der Waals surface area contributed by atoms with Crippen molar-refractivity contribution in [2.45, 2.75) is 38.1 Å². The first-order valence-electron chi connectivity index (χ1n) is 6.44. The van der Waals surface area contributed by atoms with E-state index in [-0.39, 0.29) is 23.5 Å². The van der Waals surface area contributed by atoms with Crippen LogP contribution in [-0.2, 0) is 10.0 Å². The number of nitrogens with zero attached hydrogens (tertiary/aromatic N) is 1. The summed E-state index contributed by atoms with van der Waals surface area (Å²) in [6.07, 6.45) is 3.14. The quantitative estimate of drug-likeness (QED) is 0.799. The Labute approximate surface area is 120 Å². The second kappa shape index (κ2) is 7.39. The molecule has 0 aliphatic carbocycles. The molecule has 20 heavy (non-hydrogen) atoms. The molecule has 2 N–H and O–H groups in total. The topological polar surface area (TPSA) is 79.3 Å². The molecule has 6 heteroatoms. The highest BCUT2D eigenvalue weighted by Crippen LogP contribution is 2.11. The molecule has 1 unspecified atom stereocenters. The number of rotatable bonds is 5. The summed E-state index contributed by atoms with van der Waals surface area (Å²) in [6, 6.07) is 1.32. The highest BCUT2D eigenvalue weighted by molar-refractivity contribution is 7.89. The maximum Gasteiger partial charge on any atom is 0.242 e. The Hall–Kier alpha value is -1.42. The Morgan fingerprint density at radius 1 is 1.35 bits per heavy atom. The van der Waals surface area contributed by atoms with Crippen molar-refractivity contribution in [3.63, 3.8) is 0 Å². The van der Waals surface area contributed by atoms with E-state index in [0.717, 1.165) is 0 Å². The van der Waals surface area contributed by atoms with Gasteiger partial charge in [0.25, 0.3) is 0 Å². The zero-order valence-corrected chi connectivity index (χ0v) is 12.7. The average molecular weight is 296 g/mol. The van der Waals surface area contributed by atoms with Gasteiger partial charge >= 0.3 is 0 Å². The molecule has 0 aliphatic heterocycles. The predicted molar refractivity (Wildman–Crippen MR) is 77.4 cm³/mol. The molecule has 0 amide bonds. The summed E-state index contributed by atoms with van der Waals surface area (Å²) in [5.41, 5.74) is 0.513. The van der Waals surface area contributed by atoms with Crippen molar-refractivity contribution in [2.24, 2.45) is 5.92 Å². The van der Waals surface area contributed by atoms with Crippen molar-refractivity contribution in [1.82, 2.24) is 9.71 Å². The minimum Gasteiger partial charge on any atom is -0.395 e. The van der Waals surface area contributed by atoms with Gasteiger partial charge in [-0.3, -0.25) is 4.98 Å². The van der Waals surface area contributed by atoms with Crippen LogP contribution in [0.1, 0.15) is 32.8 Å². The lowest BCUT2D eigenvalue weighted by molar-refractivity contribution is 0.305. The molecular formula is C14H20N2O3S. The van der Waals surface area contributed by atoms with Gasteiger partial charge in [-0.1, -0.05) is 25.7 Å². The van der Waals surface area contributed by atoms with Gasteiger partial charge in [0.1, 0.15) is 4.90 Å². The molecule has 1 aromatic rings. The molecule has 0 aromatic carbocycles. The molecule has 0 bridgehead atoms. The standard InChI is InChI=1S/C14H20N2O3S/c1-11(2)12(3)16-20(18,19)14-8-13(9-15-10-14)6-4-5-7-17/h8-12,16-17H,5,7H2,1-3H3. The smallest absolute Gasteiger partial charge is 0.242 e. The maximum atomic E-state index is 12.2. The molecule has 1 rings (SSSR count). The number of aliphatic hydroxyl groups is 1. The number of nitrogens with one attached hydrogen (secondary N) is 1. The van der Waals surface area contributed by atoms with Gasteiger partial charge in [-0.2, -0.15) is 0 Å². The van der Waals surface area contributed by atoms with E-state index < -0.39 is 10.0 Å². The van der Waals surface area contributed by atoms with Crippen LogP contribution in [0, 0.1) is 17.8 Å². The zero-order valence-electron chi connectivity index (χ0n) is 11.9. The van der Waals surface area contributed by atoms with Crippen LogP contribution in [0.5, 0.6) is 0 Å². The van der Waals surface area contributed by atoms with Gasteiger partial charge in [0, 0.05) is 30.4 Å². The number of hydrogen-bond acceptors (Lipinski definition) is 4. The number of sulfonamides is 1. The van der Waals surface area contributed by atoms with Gasteiger partial charge in [0.2, 0.25) is 10.0 Å². The van der Waals surface area contributed by atoms with Crippen LogP contribution < -0.4 is 4.72 Å². The van der Waals surface area contributed by atoms with Gasteiger partial charge in [-0.25, -0.2) is 13.1 Å². The lowest BCUT2D eigenvalue weighted by atomic mass is 10.1. The summed E-state index contributed by atoms with van der Waals surface area (Å²) in [5.74, 6) is 5.70. The molecule has 0 aliphatic rings. The van der Waals surface area contributed by atoms with Crippen molar-refractivity contribution < 1.29 is 13.5 Å². The van der Waals surface area contributed by atoms with Gasteiger partial charge in [0.15, 0.2) is 0 Å². The Morgan fingerprint density at radius 3 is 2.65 bits per heavy atom. The van der Waals surface area contributed by atoms with Crippen LogP contribution in [0.4, 0.5) is 0 Å². The third-order valence-electron chi connectivity index (χ3n) is 2.83. The number of pyridine rings is 1. The Bertz CT molecular complexity index is 600. The summed E-state index contributed by atoms with van der Waals surface area (Å²) in [5, 5.41) is 8.66. The van der Waals surface area contributed by atoms with E-state index in [0.29, 0.717) is 12.0 Å². The first-order valence-corrected chi connectivity index (χ1v) is 7.92. The van der Waals surface area contributed by atoms with Crippen molar-refractivity contribution in [3.05, 3.63) is 24.0 Å². The Morgan fingerprint density at radius 2 is 2.05 bits per heavy atom. The summed E-state index contributed by atoms with van der Waals surface area (Å²) in [6.45, 7) is 5.69. The molecule has 110 valence electrons. The van der Waals surface area contributed by atoms with E-state index in [1.807, 2.05) is 20.8 Å². The van der Waals surface area contributed by atoms with Crippen LogP contribution in [0.3, 0.4) is 0 Å². The minimum absolute atomic E-state index is 0.0219. The average Bonchev–Trinajstić information content (AvgIpc) is 2.39. The predicted octanol–water partition coefficient (Wildman–Crippen LogP) is 1.14. The lowest BCUT2D eigenvalue weighted by Crippen LogP contribution is -2.36. The third kappa shape index (κ3) is 4.93. The molecule has 1 aromatic heterocycles. The first-order chi connectivity index (χ1) is 9.36. The molecule has 0 spiro atoms. The zero-order chi connectivity index (χ0) is 15.2. The summed E-state index contributed by atoms with van der Waals surface area (Å²) in [7, 11) is -3.59. The van der Waals surface area contributed by atoms with E-state index in [1.54, 1.807) is 0 Å². The molecule has 0 radical (unpaired) electrons. The van der Waals surface area contributed by atoms with Gasteiger partial charge < -0.3 is 5.11 Å². The fourth-order valence-electron chi connectivity index (χ4n) is 1.30. The molecule has 0 saturated carbocycles. The lowest BCUT2D eigenvalue weighted by Gasteiger charge is -2.17. The number of aliphatic hydroxyl groups excluding tert-OH is 1. The SMILES string of the molecule is CC(C)C(C)NS(=O)(=O)c1cncc(C#CCCO)c1. The molecule has 0 saturated heterocycles. The van der Waals surface area contributed by atoms with E-state index >= 15 is 0 Å². The maximum absolute atomic E-state index is 12.2. The fraction of sp³-hybridized carbons (Fsp3) is 0.500. The van der Waals surface area contributed by atoms with E-state index in [1.165, 1.54) is 18.5 Å². The monoisotopic (exact) mass is 296 g/mol. The van der Waals surface area contributed by atoms with Crippen LogP contribution >= 0.6 is 0 Å². The second-order valence-electron chi connectivity index (χ2n) is 4.84. The minimum atomic E-state index is -3.59. The first kappa shape index (κ1) is 16.6. The van der Waals surface area contributed by atoms with Gasteiger partial charge in [-0.05, 0) is 18.9 Å². The molecule has 0 fully saturated rings. The van der Waals surface area contributed by atoms with E-state index in [4.69, 9.17) is 5.11 Å². The molecule has 1 heterocycles. The highest BCUT2D eigenvalue weighted by atomic mass is 32.2. The van der Waals surface area contributed by atoms with E-state index in [9.17, 15) is 8.42 Å². The van der Waals surface area contributed by atoms with Crippen LogP contribution in [0.2, 0.25) is 0 Å². The summed E-state index contributed by atoms with van der Waals surface area (Å²) in [4.78, 5) is 4.00. The van der Waals surface area contributed by atoms with Crippen LogP contribution in [-0.4, -0.2) is 31.2 Å². The van der Waals surface area contributed by atoms with E-state index in [2.05, 4.69) is 21.5 Å². The van der Waals surface area contributed by atoms with Crippen LogP contribution in [0.25, 0.3) is 0 Å². The Balaban J connectivity index is 2.97. The molecular weight excluding hydrogens is 276 g/mol.